The van der Waals surface area contributed by atoms with Gasteiger partial charge in [-0.15, -0.1) is 11.3 Å². The lowest BCUT2D eigenvalue weighted by atomic mass is 9.94. The maximum absolute atomic E-state index is 2.39. The smallest absolute Gasteiger partial charge is 0.0540 e. The van der Waals surface area contributed by atoms with Crippen molar-refractivity contribution in [1.82, 2.24) is 0 Å². The number of nitrogens with zero attached hydrogens (tertiary/aromatic N) is 1. The van der Waals surface area contributed by atoms with Crippen LogP contribution in [0.5, 0.6) is 0 Å². The van der Waals surface area contributed by atoms with Crippen LogP contribution in [0.3, 0.4) is 0 Å². The van der Waals surface area contributed by atoms with Crippen LogP contribution in [0.2, 0.25) is 0 Å². The predicted molar refractivity (Wildman–Crippen MR) is 209 cm³/mol. The zero-order valence-electron chi connectivity index (χ0n) is 26.1. The minimum absolute atomic E-state index is 1.13. The number of thiophene rings is 1. The molecule has 0 aliphatic carbocycles. The van der Waals surface area contributed by atoms with Crippen molar-refractivity contribution in [2.24, 2.45) is 0 Å². The van der Waals surface area contributed by atoms with E-state index in [0.29, 0.717) is 0 Å². The van der Waals surface area contributed by atoms with E-state index in [1.165, 1.54) is 80.1 Å². The van der Waals surface area contributed by atoms with Gasteiger partial charge in [-0.05, 0) is 85.9 Å². The molecule has 0 amide bonds. The van der Waals surface area contributed by atoms with Crippen molar-refractivity contribution in [3.63, 3.8) is 0 Å². The molecule has 0 unspecified atom stereocenters. The monoisotopic (exact) mass is 627 g/mol. The van der Waals surface area contributed by atoms with Crippen molar-refractivity contribution >= 4 is 91.7 Å². The van der Waals surface area contributed by atoms with E-state index in [1.807, 2.05) is 11.3 Å². The Morgan fingerprint density at radius 2 is 0.917 bits per heavy atom. The molecule has 0 aliphatic heterocycles. The summed E-state index contributed by atoms with van der Waals surface area (Å²) in [6, 6.07) is 64.4. The van der Waals surface area contributed by atoms with Crippen molar-refractivity contribution in [1.29, 1.82) is 0 Å². The second kappa shape index (κ2) is 10.8. The highest BCUT2D eigenvalue weighted by molar-refractivity contribution is 7.26. The number of anilines is 3. The Hall–Kier alpha value is -5.96. The molecule has 0 N–H and O–H groups in total. The van der Waals surface area contributed by atoms with Crippen LogP contribution in [-0.4, -0.2) is 0 Å². The van der Waals surface area contributed by atoms with Crippen LogP contribution in [0.25, 0.3) is 74.4 Å². The van der Waals surface area contributed by atoms with E-state index in [1.54, 1.807) is 0 Å². The molecule has 0 saturated carbocycles. The summed E-state index contributed by atoms with van der Waals surface area (Å²) >= 11 is 1.89. The first kappa shape index (κ1) is 27.2. The molecule has 2 heteroatoms. The Morgan fingerprint density at radius 1 is 0.333 bits per heavy atom. The van der Waals surface area contributed by atoms with Gasteiger partial charge in [0.2, 0.25) is 0 Å². The topological polar surface area (TPSA) is 3.24 Å². The fourth-order valence-electron chi connectivity index (χ4n) is 7.52. The molecule has 0 radical (unpaired) electrons. The molecule has 10 aromatic rings. The third-order valence-corrected chi connectivity index (χ3v) is 11.1. The van der Waals surface area contributed by atoms with E-state index in [2.05, 4.69) is 181 Å². The first-order valence-corrected chi connectivity index (χ1v) is 17.2. The minimum Gasteiger partial charge on any atom is -0.310 e. The quantitative estimate of drug-likeness (QED) is 0.176. The van der Waals surface area contributed by atoms with E-state index >= 15 is 0 Å². The molecule has 1 nitrogen and oxygen atoms in total. The summed E-state index contributed by atoms with van der Waals surface area (Å²) in [6.45, 7) is 0. The van der Waals surface area contributed by atoms with Gasteiger partial charge in [-0.1, -0.05) is 133 Å². The van der Waals surface area contributed by atoms with Crippen LogP contribution in [0, 0.1) is 0 Å². The summed E-state index contributed by atoms with van der Waals surface area (Å²) in [6.07, 6.45) is 0. The highest BCUT2D eigenvalue weighted by Gasteiger charge is 2.17. The normalized spacial score (nSPS) is 11.8. The summed E-state index contributed by atoms with van der Waals surface area (Å²) in [7, 11) is 0. The van der Waals surface area contributed by atoms with Crippen LogP contribution in [0.1, 0.15) is 0 Å². The molecule has 1 aromatic heterocycles. The molecular formula is C46H29NS. The number of benzene rings is 9. The largest absolute Gasteiger partial charge is 0.310 e. The van der Waals surface area contributed by atoms with Crippen molar-refractivity contribution in [3.05, 3.63) is 176 Å². The van der Waals surface area contributed by atoms with Crippen molar-refractivity contribution < 1.29 is 0 Å². The van der Waals surface area contributed by atoms with Gasteiger partial charge in [0, 0.05) is 42.3 Å². The maximum atomic E-state index is 2.39. The second-order valence-corrected chi connectivity index (χ2v) is 13.6. The summed E-state index contributed by atoms with van der Waals surface area (Å²) in [4.78, 5) is 2.39. The molecule has 0 saturated heterocycles. The predicted octanol–water partition coefficient (Wildman–Crippen LogP) is 13.8. The zero-order valence-corrected chi connectivity index (χ0v) is 26.9. The van der Waals surface area contributed by atoms with E-state index in [0.717, 1.165) is 11.4 Å². The van der Waals surface area contributed by atoms with E-state index in [4.69, 9.17) is 0 Å². The molecule has 0 atom stereocenters. The van der Waals surface area contributed by atoms with Gasteiger partial charge in [-0.3, -0.25) is 0 Å². The van der Waals surface area contributed by atoms with E-state index in [-0.39, 0.29) is 0 Å². The fraction of sp³-hybridized carbons (Fsp3) is 0. The van der Waals surface area contributed by atoms with Crippen LogP contribution in [0.4, 0.5) is 17.1 Å². The summed E-state index contributed by atoms with van der Waals surface area (Å²) in [5.41, 5.74) is 5.87. The molecule has 9 aromatic carbocycles. The molecule has 0 fully saturated rings. The number of rotatable bonds is 4. The second-order valence-electron chi connectivity index (χ2n) is 12.5. The van der Waals surface area contributed by atoms with Gasteiger partial charge in [0.15, 0.2) is 0 Å². The first-order valence-electron chi connectivity index (χ1n) is 16.4. The summed E-state index contributed by atoms with van der Waals surface area (Å²) < 4.78 is 2.67. The first-order chi connectivity index (χ1) is 23.8. The van der Waals surface area contributed by atoms with Gasteiger partial charge < -0.3 is 4.90 Å². The van der Waals surface area contributed by atoms with Crippen molar-refractivity contribution in [3.8, 4) is 11.1 Å². The highest BCUT2D eigenvalue weighted by Crippen LogP contribution is 2.44. The standard InChI is InChI=1S/C46H29NS/c1-2-10-34(11-3-1)47(44-15-8-14-41-39(44)27-28-42-40-13-6-7-16-45(40)48-46(41)42)35-23-19-30(20-24-35)33-18-17-32-22-25-37-36-12-5-4-9-31(36)21-26-38(37)43(32)29-33/h1-29H. The average Bonchev–Trinajstić information content (AvgIpc) is 3.55. The molecule has 48 heavy (non-hydrogen) atoms. The average molecular weight is 628 g/mol. The maximum Gasteiger partial charge on any atom is 0.0540 e. The Balaban J connectivity index is 1.10. The van der Waals surface area contributed by atoms with Gasteiger partial charge in [0.25, 0.3) is 0 Å². The highest BCUT2D eigenvalue weighted by atomic mass is 32.1. The lowest BCUT2D eigenvalue weighted by Crippen LogP contribution is -2.10. The van der Waals surface area contributed by atoms with E-state index in [9.17, 15) is 0 Å². The van der Waals surface area contributed by atoms with Gasteiger partial charge in [-0.2, -0.15) is 0 Å². The third-order valence-electron chi connectivity index (χ3n) is 9.84. The number of hydrogen-bond acceptors (Lipinski definition) is 2. The SMILES string of the molecule is c1ccc(N(c2ccc(-c3ccc4ccc5c6ccccc6ccc5c4c3)cc2)c2cccc3c2ccc2c4ccccc4sc32)cc1. The Morgan fingerprint density at radius 3 is 1.77 bits per heavy atom. The van der Waals surface area contributed by atoms with Crippen LogP contribution in [0.15, 0.2) is 176 Å². The van der Waals surface area contributed by atoms with Crippen LogP contribution < -0.4 is 4.90 Å². The van der Waals surface area contributed by atoms with Gasteiger partial charge in [0.1, 0.15) is 0 Å². The molecule has 0 bridgehead atoms. The number of hydrogen-bond donors (Lipinski definition) is 0. The van der Waals surface area contributed by atoms with Gasteiger partial charge in [-0.25, -0.2) is 0 Å². The molecular weight excluding hydrogens is 599 g/mol. The molecule has 0 spiro atoms. The summed E-state index contributed by atoms with van der Waals surface area (Å²) in [5.74, 6) is 0. The zero-order chi connectivity index (χ0) is 31.6. The molecule has 1 heterocycles. The van der Waals surface area contributed by atoms with Crippen LogP contribution >= 0.6 is 11.3 Å². The lowest BCUT2D eigenvalue weighted by Gasteiger charge is -2.27. The number of fused-ring (bicyclic) bond motifs is 10. The Bertz CT molecular complexity index is 2830. The molecule has 224 valence electrons. The van der Waals surface area contributed by atoms with Gasteiger partial charge >= 0.3 is 0 Å². The van der Waals surface area contributed by atoms with Crippen molar-refractivity contribution in [2.45, 2.75) is 0 Å². The fourth-order valence-corrected chi connectivity index (χ4v) is 8.75. The van der Waals surface area contributed by atoms with Crippen LogP contribution in [-0.2, 0) is 0 Å². The van der Waals surface area contributed by atoms with E-state index < -0.39 is 0 Å². The van der Waals surface area contributed by atoms with Gasteiger partial charge in [0.05, 0.1) is 5.69 Å². The Labute approximate surface area is 282 Å². The Kier molecular flexibility index (Phi) is 6.12. The summed E-state index contributed by atoms with van der Waals surface area (Å²) in [5, 5.41) is 12.9. The minimum atomic E-state index is 1.13. The molecule has 0 aliphatic rings. The lowest BCUT2D eigenvalue weighted by molar-refractivity contribution is 1.30. The van der Waals surface area contributed by atoms with Crippen molar-refractivity contribution in [2.75, 3.05) is 4.90 Å². The number of para-hydroxylation sites is 1. The molecule has 10 rings (SSSR count). The third kappa shape index (κ3) is 4.24.